The van der Waals surface area contributed by atoms with Crippen molar-refractivity contribution in [3.05, 3.63) is 66.2 Å². The van der Waals surface area contributed by atoms with Crippen LogP contribution in [-0.4, -0.2) is 17.6 Å². The van der Waals surface area contributed by atoms with Crippen molar-refractivity contribution >= 4 is 11.7 Å². The van der Waals surface area contributed by atoms with Gasteiger partial charge in [0.2, 0.25) is 0 Å². The van der Waals surface area contributed by atoms with Gasteiger partial charge in [-0.3, -0.25) is 5.01 Å². The number of rotatable bonds is 4. The summed E-state index contributed by atoms with van der Waals surface area (Å²) in [7, 11) is 0. The molecule has 0 radical (unpaired) electrons. The maximum Gasteiger partial charge on any atom is 0.353 e. The van der Waals surface area contributed by atoms with E-state index in [9.17, 15) is 4.79 Å². The zero-order chi connectivity index (χ0) is 16.1. The fourth-order valence-electron chi connectivity index (χ4n) is 2.42. The minimum Gasteiger partial charge on any atom is -0.255 e. The van der Waals surface area contributed by atoms with Gasteiger partial charge in [0.25, 0.3) is 0 Å². The number of para-hydroxylation sites is 1. The number of hydrogen-bond donors (Lipinski definition) is 2. The summed E-state index contributed by atoms with van der Waals surface area (Å²) in [5.41, 5.74) is 8.08. The minimum absolute atomic E-state index is 0.237. The van der Waals surface area contributed by atoms with E-state index in [2.05, 4.69) is 16.9 Å². The van der Waals surface area contributed by atoms with Gasteiger partial charge in [0.1, 0.15) is 6.17 Å². The molecule has 0 aromatic heterocycles. The Morgan fingerprint density at radius 3 is 2.30 bits per heavy atom. The number of nitrogens with zero attached hydrogens (tertiary/aromatic N) is 3. The molecule has 6 heteroatoms. The first-order valence-electron chi connectivity index (χ1n) is 7.40. The fraction of sp³-hybridized carbons (Fsp3) is 0.176. The van der Waals surface area contributed by atoms with E-state index in [4.69, 9.17) is 5.26 Å². The van der Waals surface area contributed by atoms with Crippen molar-refractivity contribution in [2.45, 2.75) is 12.6 Å². The first kappa shape index (κ1) is 15.0. The van der Waals surface area contributed by atoms with Crippen molar-refractivity contribution in [3.63, 3.8) is 0 Å². The Labute approximate surface area is 134 Å². The Balaban J connectivity index is 1.89. The van der Waals surface area contributed by atoms with Crippen molar-refractivity contribution in [2.75, 3.05) is 11.6 Å². The molecule has 23 heavy (non-hydrogen) atoms. The fourth-order valence-corrected chi connectivity index (χ4v) is 2.42. The van der Waals surface area contributed by atoms with Crippen LogP contribution in [0.1, 0.15) is 18.2 Å². The maximum absolute atomic E-state index is 12.6. The lowest BCUT2D eigenvalue weighted by Gasteiger charge is -2.41. The van der Waals surface area contributed by atoms with Gasteiger partial charge in [0.15, 0.2) is 0 Å². The molecule has 116 valence electrons. The van der Waals surface area contributed by atoms with Crippen LogP contribution in [0, 0.1) is 11.3 Å². The number of carbonyl (C=O) groups is 1. The van der Waals surface area contributed by atoms with Crippen molar-refractivity contribution in [1.82, 2.24) is 15.9 Å². The third kappa shape index (κ3) is 3.31. The zero-order valence-corrected chi connectivity index (χ0v) is 12.5. The van der Waals surface area contributed by atoms with E-state index in [1.807, 2.05) is 60.7 Å². The number of hydrazine groups is 2. The molecule has 2 amide bonds. The molecule has 0 spiro atoms. The molecule has 0 saturated carbocycles. The molecule has 3 rings (SSSR count). The van der Waals surface area contributed by atoms with Crippen LogP contribution in [0.25, 0.3) is 0 Å². The van der Waals surface area contributed by atoms with Gasteiger partial charge in [0.05, 0.1) is 24.7 Å². The molecule has 0 aliphatic carbocycles. The van der Waals surface area contributed by atoms with Gasteiger partial charge in [-0.05, 0) is 17.7 Å². The molecule has 6 nitrogen and oxygen atoms in total. The van der Waals surface area contributed by atoms with Crippen molar-refractivity contribution < 1.29 is 4.79 Å². The highest BCUT2D eigenvalue weighted by Crippen LogP contribution is 2.21. The monoisotopic (exact) mass is 307 g/mol. The predicted molar refractivity (Wildman–Crippen MR) is 86.7 cm³/mol. The minimum atomic E-state index is -0.257. The summed E-state index contributed by atoms with van der Waals surface area (Å²) in [5, 5.41) is 11.8. The molecular weight excluding hydrogens is 290 g/mol. The zero-order valence-electron chi connectivity index (χ0n) is 12.5. The van der Waals surface area contributed by atoms with Crippen molar-refractivity contribution in [2.24, 2.45) is 0 Å². The molecule has 1 atom stereocenters. The Morgan fingerprint density at radius 2 is 1.65 bits per heavy atom. The van der Waals surface area contributed by atoms with Gasteiger partial charge >= 0.3 is 6.03 Å². The third-order valence-electron chi connectivity index (χ3n) is 3.56. The maximum atomic E-state index is 12.6. The van der Waals surface area contributed by atoms with Crippen LogP contribution in [-0.2, 0) is 0 Å². The van der Waals surface area contributed by atoms with Crippen LogP contribution >= 0.6 is 0 Å². The molecule has 2 N–H and O–H groups in total. The summed E-state index contributed by atoms with van der Waals surface area (Å²) in [6.07, 6.45) is 0.0101. The van der Waals surface area contributed by atoms with E-state index in [0.717, 1.165) is 11.3 Å². The lowest BCUT2D eigenvalue weighted by atomic mass is 10.2. The van der Waals surface area contributed by atoms with Crippen LogP contribution < -0.4 is 15.9 Å². The SMILES string of the molecule is N#CCCN1NC(c2ccccc2)NN(c2ccccc2)C1=O. The molecule has 2 aromatic rings. The topological polar surface area (TPSA) is 71.4 Å². The number of anilines is 1. The number of carbonyl (C=O) groups excluding carboxylic acids is 1. The molecule has 1 aliphatic rings. The van der Waals surface area contributed by atoms with Gasteiger partial charge in [-0.25, -0.2) is 20.7 Å². The molecule has 1 saturated heterocycles. The van der Waals surface area contributed by atoms with Crippen LogP contribution in [0.15, 0.2) is 60.7 Å². The lowest BCUT2D eigenvalue weighted by Crippen LogP contribution is -2.65. The van der Waals surface area contributed by atoms with Gasteiger partial charge in [-0.15, -0.1) is 0 Å². The summed E-state index contributed by atoms with van der Waals surface area (Å²) in [5.74, 6) is 0. The molecule has 2 aromatic carbocycles. The highest BCUT2D eigenvalue weighted by molar-refractivity contribution is 5.91. The molecule has 1 heterocycles. The average molecular weight is 307 g/mol. The van der Waals surface area contributed by atoms with E-state index in [0.29, 0.717) is 6.54 Å². The number of benzene rings is 2. The third-order valence-corrected chi connectivity index (χ3v) is 3.56. The lowest BCUT2D eigenvalue weighted by molar-refractivity contribution is 0.126. The molecule has 1 aliphatic heterocycles. The largest absolute Gasteiger partial charge is 0.353 e. The predicted octanol–water partition coefficient (Wildman–Crippen LogP) is 2.55. The number of nitrogens with one attached hydrogen (secondary N) is 2. The highest BCUT2D eigenvalue weighted by atomic mass is 16.2. The number of amides is 2. The van der Waals surface area contributed by atoms with Gasteiger partial charge in [-0.1, -0.05) is 48.5 Å². The van der Waals surface area contributed by atoms with Crippen LogP contribution in [0.5, 0.6) is 0 Å². The van der Waals surface area contributed by atoms with Crippen molar-refractivity contribution in [3.8, 4) is 6.07 Å². The Morgan fingerprint density at radius 1 is 1.00 bits per heavy atom. The van der Waals surface area contributed by atoms with Gasteiger partial charge < -0.3 is 0 Å². The summed E-state index contributed by atoms with van der Waals surface area (Å²) in [4.78, 5) is 12.6. The van der Waals surface area contributed by atoms with E-state index in [1.54, 1.807) is 0 Å². The molecule has 1 fully saturated rings. The molecule has 0 bridgehead atoms. The van der Waals surface area contributed by atoms with Crippen LogP contribution in [0.3, 0.4) is 0 Å². The normalized spacial score (nSPS) is 17.9. The second-order valence-corrected chi connectivity index (χ2v) is 5.12. The van der Waals surface area contributed by atoms with Crippen molar-refractivity contribution in [1.29, 1.82) is 5.26 Å². The van der Waals surface area contributed by atoms with Gasteiger partial charge in [0, 0.05) is 0 Å². The average Bonchev–Trinajstić information content (AvgIpc) is 2.62. The van der Waals surface area contributed by atoms with E-state index >= 15 is 0 Å². The summed E-state index contributed by atoms with van der Waals surface area (Å²) >= 11 is 0. The number of urea groups is 1. The second kappa shape index (κ2) is 6.92. The van der Waals surface area contributed by atoms with Crippen LogP contribution in [0.4, 0.5) is 10.5 Å². The second-order valence-electron chi connectivity index (χ2n) is 5.12. The number of hydrogen-bond acceptors (Lipinski definition) is 4. The van der Waals surface area contributed by atoms with Gasteiger partial charge in [-0.2, -0.15) is 5.26 Å². The highest BCUT2D eigenvalue weighted by Gasteiger charge is 2.32. The Hall–Kier alpha value is -2.88. The quantitative estimate of drug-likeness (QED) is 0.910. The molecule has 1 unspecified atom stereocenters. The van der Waals surface area contributed by atoms with E-state index in [-0.39, 0.29) is 18.6 Å². The Bertz CT molecular complexity index is 698. The summed E-state index contributed by atoms with van der Waals surface area (Å²) in [6, 6.07) is 21.0. The molecular formula is C17H17N5O. The standard InChI is InChI=1S/C17H17N5O/c18-12-7-13-21-17(23)22(15-10-5-2-6-11-15)20-16(19-21)14-8-3-1-4-9-14/h1-6,8-11,16,19-20H,7,13H2. The summed E-state index contributed by atoms with van der Waals surface area (Å²) < 4.78 is 0. The van der Waals surface area contributed by atoms with E-state index < -0.39 is 0 Å². The van der Waals surface area contributed by atoms with Crippen LogP contribution in [0.2, 0.25) is 0 Å². The Kier molecular flexibility index (Phi) is 4.52. The van der Waals surface area contributed by atoms with E-state index in [1.165, 1.54) is 10.0 Å². The first-order chi connectivity index (χ1) is 11.3. The smallest absolute Gasteiger partial charge is 0.255 e. The summed E-state index contributed by atoms with van der Waals surface area (Å²) in [6.45, 7) is 0.323. The first-order valence-corrected chi connectivity index (χ1v) is 7.40. The number of nitriles is 1.